The van der Waals surface area contributed by atoms with Crippen LogP contribution in [0.1, 0.15) is 44.5 Å². The Kier molecular flexibility index (Phi) is 16.0. The molecule has 118 heavy (non-hydrogen) atoms. The first-order valence-electron chi connectivity index (χ1n) is 40.7. The molecular weight excluding hydrogens is 1430 g/mol. The minimum absolute atomic E-state index is 0.519. The summed E-state index contributed by atoms with van der Waals surface area (Å²) in [6, 6.07) is 164. The third kappa shape index (κ3) is 10.6. The summed E-state index contributed by atoms with van der Waals surface area (Å²) in [4.78, 5) is 4.91. The van der Waals surface area contributed by atoms with Gasteiger partial charge >= 0.3 is 0 Å². The van der Waals surface area contributed by atoms with Crippen LogP contribution >= 0.6 is 0 Å². The van der Waals surface area contributed by atoms with Gasteiger partial charge in [-0.05, 0) is 190 Å². The fourth-order valence-electron chi connectivity index (χ4n) is 19.9. The molecule has 24 rings (SSSR count). The number of anilines is 6. The zero-order valence-electron chi connectivity index (χ0n) is 64.4. The van der Waals surface area contributed by atoms with E-state index in [9.17, 15) is 0 Å². The number of nitrogens with zero attached hydrogens (tertiary/aromatic N) is 2. The lowest BCUT2D eigenvalue weighted by molar-refractivity contribution is 0.672. The molecule has 2 aliphatic carbocycles. The van der Waals surface area contributed by atoms with Crippen molar-refractivity contribution in [3.63, 3.8) is 0 Å². The summed E-state index contributed by atoms with van der Waals surface area (Å²) in [6.45, 7) is 0. The first-order valence-corrected chi connectivity index (χ1v) is 40.7. The third-order valence-electron chi connectivity index (χ3n) is 25.1. The van der Waals surface area contributed by atoms with Gasteiger partial charge < -0.3 is 18.6 Å². The molecule has 0 aliphatic heterocycles. The van der Waals surface area contributed by atoms with Gasteiger partial charge in [0.15, 0.2) is 0 Å². The number of para-hydroxylation sites is 2. The second kappa shape index (κ2) is 27.7. The van der Waals surface area contributed by atoms with Crippen LogP contribution in [0.2, 0.25) is 0 Å². The molecule has 20 aromatic carbocycles. The lowest BCUT2D eigenvalue weighted by Crippen LogP contribution is -2.28. The Labute approximate surface area is 683 Å². The van der Waals surface area contributed by atoms with Crippen molar-refractivity contribution >= 4 is 121 Å². The molecule has 0 radical (unpaired) electrons. The van der Waals surface area contributed by atoms with Crippen molar-refractivity contribution in [2.75, 3.05) is 9.80 Å². The molecule has 0 saturated carbocycles. The molecule has 2 aliphatic rings. The first kappa shape index (κ1) is 68.3. The van der Waals surface area contributed by atoms with Gasteiger partial charge in [0.1, 0.15) is 22.3 Å². The maximum Gasteiger partial charge on any atom is 0.143 e. The van der Waals surface area contributed by atoms with Gasteiger partial charge in [0.2, 0.25) is 0 Å². The Hall–Kier alpha value is -15.4. The van der Waals surface area contributed by atoms with Crippen LogP contribution in [0.15, 0.2) is 458 Å². The zero-order chi connectivity index (χ0) is 77.8. The highest BCUT2D eigenvalue weighted by atomic mass is 16.3. The smallest absolute Gasteiger partial charge is 0.143 e. The second-order valence-corrected chi connectivity index (χ2v) is 31.2. The molecule has 0 atom stereocenters. The SMILES string of the molecule is c1ccc(C2(c3ccccc3)c3ccccc3-c3c(N(c4ccc(-c5ccc6ccccc6c5)cc4)c4cccc5c4ccc4c6ccccc6oc54)cccc32)cc1.c1ccc(C2(c3ccccc3)c3ccccc3-c3ccc(N(c4ccc(-c5cccc6ccccc56)cc4)c4cccc5c4ccc4c6ccccc6oc54)cc32)cc1. The molecule has 0 bridgehead atoms. The van der Waals surface area contributed by atoms with Gasteiger partial charge in [0.05, 0.1) is 27.9 Å². The van der Waals surface area contributed by atoms with Crippen LogP contribution in [0.4, 0.5) is 34.1 Å². The van der Waals surface area contributed by atoms with Crippen LogP contribution in [-0.2, 0) is 10.8 Å². The van der Waals surface area contributed by atoms with E-state index < -0.39 is 10.8 Å². The van der Waals surface area contributed by atoms with Gasteiger partial charge in [0, 0.05) is 65.7 Å². The number of hydrogen-bond acceptors (Lipinski definition) is 4. The lowest BCUT2D eigenvalue weighted by atomic mass is 9.67. The highest BCUT2D eigenvalue weighted by molar-refractivity contribution is 6.20. The molecule has 0 spiro atoms. The van der Waals surface area contributed by atoms with Crippen molar-refractivity contribution in [1.29, 1.82) is 0 Å². The fourth-order valence-corrected chi connectivity index (χ4v) is 19.9. The molecule has 4 nitrogen and oxygen atoms in total. The van der Waals surface area contributed by atoms with Crippen LogP contribution in [0, 0.1) is 0 Å². The standard InChI is InChI=1S/2C57H37NO/c1-3-17-40(18-4-1)57(41-19-5-2-6-20-41)52-26-11-9-22-46(52)47-34-33-43(37-53(47)57)58(42-31-29-39(30-32-42)45-24-13-16-38-15-7-8-21-44(38)45)54-27-14-25-50-48(54)35-36-51-49-23-10-12-28-55(49)59-56(50)51;1-3-17-42(18-4-1)57(43-19-5-2-6-20-43)50-24-11-9-22-49(50)55-51(57)25-14-27-53(55)58(44-33-31-39(32-34-44)41-30-29-38-15-7-8-16-40(38)37-41)52-26-13-23-47-45(52)35-36-48-46-21-10-12-28-54(46)59-56(47)48/h2*1-37H. The Bertz CT molecular complexity index is 7590. The summed E-state index contributed by atoms with van der Waals surface area (Å²) in [5.74, 6) is 0. The van der Waals surface area contributed by atoms with E-state index in [0.717, 1.165) is 99.5 Å². The van der Waals surface area contributed by atoms with E-state index >= 15 is 0 Å². The van der Waals surface area contributed by atoms with E-state index in [2.05, 4.69) is 447 Å². The van der Waals surface area contributed by atoms with Crippen LogP contribution in [0.25, 0.3) is 131 Å². The Morgan fingerprint density at radius 3 is 1.17 bits per heavy atom. The predicted octanol–water partition coefficient (Wildman–Crippen LogP) is 30.8. The van der Waals surface area contributed by atoms with Gasteiger partial charge in [-0.2, -0.15) is 0 Å². The molecule has 0 N–H and O–H groups in total. The molecule has 0 amide bonds. The number of hydrogen-bond donors (Lipinski definition) is 0. The molecule has 2 aromatic heterocycles. The lowest BCUT2D eigenvalue weighted by Gasteiger charge is -2.35. The highest BCUT2D eigenvalue weighted by Crippen LogP contribution is 2.62. The second-order valence-electron chi connectivity index (χ2n) is 31.2. The predicted molar refractivity (Wildman–Crippen MR) is 492 cm³/mol. The minimum atomic E-state index is -0.520. The summed E-state index contributed by atoms with van der Waals surface area (Å²) in [5, 5.41) is 13.9. The maximum absolute atomic E-state index is 6.63. The number of rotatable bonds is 12. The topological polar surface area (TPSA) is 32.8 Å². The molecule has 4 heteroatoms. The Morgan fingerprint density at radius 1 is 0.186 bits per heavy atom. The quantitative estimate of drug-likeness (QED) is 0.122. The van der Waals surface area contributed by atoms with E-state index in [-0.39, 0.29) is 0 Å². The molecule has 2 heterocycles. The minimum Gasteiger partial charge on any atom is -0.455 e. The van der Waals surface area contributed by atoms with Crippen LogP contribution in [0.3, 0.4) is 0 Å². The summed E-state index contributed by atoms with van der Waals surface area (Å²) < 4.78 is 13.2. The van der Waals surface area contributed by atoms with Crippen molar-refractivity contribution in [2.24, 2.45) is 0 Å². The summed E-state index contributed by atoms with van der Waals surface area (Å²) in [6.07, 6.45) is 0. The van der Waals surface area contributed by atoms with E-state index in [1.165, 1.54) is 111 Å². The van der Waals surface area contributed by atoms with Crippen LogP contribution < -0.4 is 9.80 Å². The van der Waals surface area contributed by atoms with Gasteiger partial charge in [0.25, 0.3) is 0 Å². The van der Waals surface area contributed by atoms with Crippen LogP contribution in [-0.4, -0.2) is 0 Å². The van der Waals surface area contributed by atoms with Crippen molar-refractivity contribution in [3.8, 4) is 44.5 Å². The zero-order valence-corrected chi connectivity index (χ0v) is 64.4. The number of furan rings is 2. The van der Waals surface area contributed by atoms with Gasteiger partial charge in [-0.25, -0.2) is 0 Å². The Balaban J connectivity index is 0.000000138. The van der Waals surface area contributed by atoms with Crippen molar-refractivity contribution < 1.29 is 8.83 Å². The molecule has 0 fully saturated rings. The molecule has 0 unspecified atom stereocenters. The van der Waals surface area contributed by atoms with Crippen LogP contribution in [0.5, 0.6) is 0 Å². The van der Waals surface area contributed by atoms with Gasteiger partial charge in [-0.1, -0.05) is 364 Å². The van der Waals surface area contributed by atoms with E-state index in [1.54, 1.807) is 0 Å². The largest absolute Gasteiger partial charge is 0.455 e. The molecule has 22 aromatic rings. The first-order chi connectivity index (χ1) is 58.5. The molecule has 552 valence electrons. The molecule has 0 saturated heterocycles. The molecular formula is C114H74N2O2. The van der Waals surface area contributed by atoms with Crippen molar-refractivity contribution in [2.45, 2.75) is 10.8 Å². The summed E-state index contributed by atoms with van der Waals surface area (Å²) in [5.41, 5.74) is 29.0. The van der Waals surface area contributed by atoms with E-state index in [0.29, 0.717) is 0 Å². The monoisotopic (exact) mass is 1500 g/mol. The van der Waals surface area contributed by atoms with Gasteiger partial charge in [-0.3, -0.25) is 0 Å². The number of benzene rings is 20. The third-order valence-corrected chi connectivity index (χ3v) is 25.1. The van der Waals surface area contributed by atoms with Crippen molar-refractivity contribution in [1.82, 2.24) is 0 Å². The maximum atomic E-state index is 6.63. The van der Waals surface area contributed by atoms with E-state index in [1.807, 2.05) is 12.1 Å². The average molecular weight is 1500 g/mol. The summed E-state index contributed by atoms with van der Waals surface area (Å²) in [7, 11) is 0. The Morgan fingerprint density at radius 2 is 0.568 bits per heavy atom. The normalized spacial score (nSPS) is 12.9. The van der Waals surface area contributed by atoms with Gasteiger partial charge in [-0.15, -0.1) is 0 Å². The van der Waals surface area contributed by atoms with Crippen molar-refractivity contribution in [3.05, 3.63) is 493 Å². The fraction of sp³-hybridized carbons (Fsp3) is 0.0175. The average Bonchev–Trinajstić information content (AvgIpc) is 1.54. The van der Waals surface area contributed by atoms with E-state index in [4.69, 9.17) is 8.83 Å². The summed E-state index contributed by atoms with van der Waals surface area (Å²) >= 11 is 0. The number of fused-ring (bicyclic) bond motifs is 18. The highest BCUT2D eigenvalue weighted by Gasteiger charge is 2.49.